The summed E-state index contributed by atoms with van der Waals surface area (Å²) >= 11 is 1.76. The van der Waals surface area contributed by atoms with E-state index in [2.05, 4.69) is 39.9 Å². The standard InChI is InChI=1S/C22H25N3OS.C2H2O4/c26-22(12-15-27-19-6-2-1-3-7-19)24-13-10-18(11-14-24)16-25-17-23-20-8-4-5-9-21(20)25;3-1(4)2(5)6/h1-9,17-18H,10-16H2;(H,3,4)(H,5,6). The second-order valence-electron chi connectivity index (χ2n) is 7.73. The number of piperidine rings is 1. The van der Waals surface area contributed by atoms with E-state index in [-0.39, 0.29) is 0 Å². The van der Waals surface area contributed by atoms with Gasteiger partial charge in [0.05, 0.1) is 17.4 Å². The van der Waals surface area contributed by atoms with Crippen molar-refractivity contribution in [3.05, 3.63) is 60.9 Å². The van der Waals surface area contributed by atoms with Gasteiger partial charge in [0.25, 0.3) is 0 Å². The van der Waals surface area contributed by atoms with Crippen LogP contribution in [0.15, 0.2) is 65.8 Å². The Morgan fingerprint density at radius 2 is 1.58 bits per heavy atom. The molecular weight excluding hydrogens is 442 g/mol. The summed E-state index contributed by atoms with van der Waals surface area (Å²) in [6.45, 7) is 2.75. The number of aliphatic carboxylic acids is 2. The van der Waals surface area contributed by atoms with Crippen LogP contribution in [0.5, 0.6) is 0 Å². The molecule has 174 valence electrons. The Hall–Kier alpha value is -3.33. The highest BCUT2D eigenvalue weighted by Gasteiger charge is 2.23. The highest BCUT2D eigenvalue weighted by atomic mass is 32.2. The third-order valence-corrected chi connectivity index (χ3v) is 6.47. The van der Waals surface area contributed by atoms with E-state index in [1.807, 2.05) is 35.5 Å². The second-order valence-corrected chi connectivity index (χ2v) is 8.90. The number of carbonyl (C=O) groups excluding carboxylic acids is 1. The molecule has 1 aliphatic rings. The van der Waals surface area contributed by atoms with Gasteiger partial charge in [0.1, 0.15) is 0 Å². The third-order valence-electron chi connectivity index (χ3n) is 5.46. The smallest absolute Gasteiger partial charge is 0.414 e. The average Bonchev–Trinajstić information content (AvgIpc) is 3.23. The van der Waals surface area contributed by atoms with Gasteiger partial charge < -0.3 is 19.7 Å². The molecule has 0 bridgehead atoms. The highest BCUT2D eigenvalue weighted by molar-refractivity contribution is 7.99. The van der Waals surface area contributed by atoms with Crippen molar-refractivity contribution in [2.24, 2.45) is 5.92 Å². The first kappa shape index (κ1) is 24.3. The zero-order valence-electron chi connectivity index (χ0n) is 18.2. The number of carboxylic acid groups (broad SMARTS) is 2. The monoisotopic (exact) mass is 469 g/mol. The van der Waals surface area contributed by atoms with E-state index in [1.54, 1.807) is 11.8 Å². The summed E-state index contributed by atoms with van der Waals surface area (Å²) in [5.41, 5.74) is 2.26. The molecule has 0 aliphatic carbocycles. The summed E-state index contributed by atoms with van der Waals surface area (Å²) in [4.78, 5) is 38.4. The Bertz CT molecular complexity index is 1070. The highest BCUT2D eigenvalue weighted by Crippen LogP contribution is 2.23. The van der Waals surface area contributed by atoms with Gasteiger partial charge in [0.15, 0.2) is 0 Å². The first-order valence-corrected chi connectivity index (χ1v) is 11.7. The SMILES string of the molecule is O=C(CCSc1ccccc1)N1CCC(Cn2cnc3ccccc32)CC1.O=C(O)C(=O)O. The molecule has 0 atom stereocenters. The molecule has 1 aliphatic heterocycles. The first-order chi connectivity index (χ1) is 15.9. The normalized spacial score (nSPS) is 13.9. The number of rotatable bonds is 6. The molecule has 1 aromatic heterocycles. The summed E-state index contributed by atoms with van der Waals surface area (Å²) in [6.07, 6.45) is 4.72. The maximum absolute atomic E-state index is 12.5. The zero-order chi connectivity index (χ0) is 23.6. The van der Waals surface area contributed by atoms with Crippen LogP contribution >= 0.6 is 11.8 Å². The molecule has 0 spiro atoms. The van der Waals surface area contributed by atoms with Gasteiger partial charge >= 0.3 is 11.9 Å². The lowest BCUT2D eigenvalue weighted by molar-refractivity contribution is -0.159. The number of nitrogens with zero attached hydrogens (tertiary/aromatic N) is 3. The fourth-order valence-corrected chi connectivity index (χ4v) is 4.59. The largest absolute Gasteiger partial charge is 0.473 e. The minimum absolute atomic E-state index is 0.296. The number of hydrogen-bond acceptors (Lipinski definition) is 5. The summed E-state index contributed by atoms with van der Waals surface area (Å²) in [6, 6.07) is 18.6. The third kappa shape index (κ3) is 7.35. The molecule has 9 heteroatoms. The summed E-state index contributed by atoms with van der Waals surface area (Å²) in [5, 5.41) is 14.8. The van der Waals surface area contributed by atoms with E-state index in [9.17, 15) is 4.79 Å². The summed E-state index contributed by atoms with van der Waals surface area (Å²) < 4.78 is 2.26. The first-order valence-electron chi connectivity index (χ1n) is 10.8. The Morgan fingerprint density at radius 3 is 2.24 bits per heavy atom. The van der Waals surface area contributed by atoms with Crippen LogP contribution in [0.25, 0.3) is 11.0 Å². The predicted octanol–water partition coefficient (Wildman–Crippen LogP) is 3.61. The Labute approximate surface area is 196 Å². The fraction of sp³-hybridized carbons (Fsp3) is 0.333. The van der Waals surface area contributed by atoms with Gasteiger partial charge in [0, 0.05) is 36.7 Å². The van der Waals surface area contributed by atoms with Crippen LogP contribution in [-0.4, -0.2) is 61.4 Å². The minimum Gasteiger partial charge on any atom is -0.473 e. The lowest BCUT2D eigenvalue weighted by Crippen LogP contribution is -2.39. The molecule has 1 amide bonds. The molecule has 2 aromatic carbocycles. The van der Waals surface area contributed by atoms with Crippen molar-refractivity contribution in [2.75, 3.05) is 18.8 Å². The van der Waals surface area contributed by atoms with Crippen molar-refractivity contribution in [3.8, 4) is 0 Å². The van der Waals surface area contributed by atoms with E-state index in [0.29, 0.717) is 18.2 Å². The zero-order valence-corrected chi connectivity index (χ0v) is 19.0. The average molecular weight is 470 g/mol. The number of hydrogen-bond donors (Lipinski definition) is 2. The molecule has 2 N–H and O–H groups in total. The number of amides is 1. The van der Waals surface area contributed by atoms with Crippen molar-refractivity contribution in [1.29, 1.82) is 0 Å². The lowest BCUT2D eigenvalue weighted by Gasteiger charge is -2.32. The molecular formula is C24H27N3O5S. The van der Waals surface area contributed by atoms with Gasteiger partial charge in [-0.1, -0.05) is 30.3 Å². The number of benzene rings is 2. The van der Waals surface area contributed by atoms with E-state index >= 15 is 0 Å². The van der Waals surface area contributed by atoms with Crippen LogP contribution in [0, 0.1) is 5.92 Å². The van der Waals surface area contributed by atoms with E-state index < -0.39 is 11.9 Å². The van der Waals surface area contributed by atoms with Crippen LogP contribution in [0.1, 0.15) is 19.3 Å². The van der Waals surface area contributed by atoms with E-state index in [4.69, 9.17) is 19.8 Å². The molecule has 4 rings (SSSR count). The van der Waals surface area contributed by atoms with Crippen molar-refractivity contribution in [3.63, 3.8) is 0 Å². The molecule has 0 unspecified atom stereocenters. The lowest BCUT2D eigenvalue weighted by atomic mass is 9.96. The van der Waals surface area contributed by atoms with Gasteiger partial charge in [-0.05, 0) is 43.0 Å². The number of fused-ring (bicyclic) bond motifs is 1. The van der Waals surface area contributed by atoms with E-state index in [0.717, 1.165) is 43.7 Å². The number of carboxylic acids is 2. The topological polar surface area (TPSA) is 113 Å². The molecule has 1 saturated heterocycles. The van der Waals surface area contributed by atoms with Crippen LogP contribution in [0.3, 0.4) is 0 Å². The van der Waals surface area contributed by atoms with Crippen LogP contribution < -0.4 is 0 Å². The maximum Gasteiger partial charge on any atom is 0.414 e. The summed E-state index contributed by atoms with van der Waals surface area (Å²) in [5.74, 6) is -1.88. The quantitative estimate of drug-likeness (QED) is 0.419. The molecule has 3 aromatic rings. The maximum atomic E-state index is 12.5. The molecule has 8 nitrogen and oxygen atoms in total. The van der Waals surface area contributed by atoms with Crippen LogP contribution in [0.4, 0.5) is 0 Å². The number of imidazole rings is 1. The van der Waals surface area contributed by atoms with Crippen molar-refractivity contribution >= 4 is 40.6 Å². The van der Waals surface area contributed by atoms with Gasteiger partial charge in [-0.15, -0.1) is 11.8 Å². The minimum atomic E-state index is -1.82. The van der Waals surface area contributed by atoms with Gasteiger partial charge in [-0.25, -0.2) is 14.6 Å². The van der Waals surface area contributed by atoms with Gasteiger partial charge in [-0.3, -0.25) is 4.79 Å². The fourth-order valence-electron chi connectivity index (χ4n) is 3.73. The summed E-state index contributed by atoms with van der Waals surface area (Å²) in [7, 11) is 0. The van der Waals surface area contributed by atoms with Gasteiger partial charge in [0.2, 0.25) is 5.91 Å². The Morgan fingerprint density at radius 1 is 0.939 bits per heavy atom. The number of aromatic nitrogens is 2. The molecule has 33 heavy (non-hydrogen) atoms. The van der Waals surface area contributed by atoms with Crippen molar-refractivity contribution < 1.29 is 24.6 Å². The van der Waals surface area contributed by atoms with Gasteiger partial charge in [-0.2, -0.15) is 0 Å². The second kappa shape index (κ2) is 12.1. The number of thioether (sulfide) groups is 1. The molecule has 0 saturated carbocycles. The number of carbonyl (C=O) groups is 3. The number of para-hydroxylation sites is 2. The van der Waals surface area contributed by atoms with Crippen LogP contribution in [-0.2, 0) is 20.9 Å². The Balaban J connectivity index is 0.000000454. The van der Waals surface area contributed by atoms with Crippen molar-refractivity contribution in [1.82, 2.24) is 14.5 Å². The van der Waals surface area contributed by atoms with Crippen LogP contribution in [0.2, 0.25) is 0 Å². The molecule has 2 heterocycles. The molecule has 1 fully saturated rings. The Kier molecular flexibility index (Phi) is 8.88. The predicted molar refractivity (Wildman–Crippen MR) is 126 cm³/mol. The number of likely N-dealkylation sites (tertiary alicyclic amines) is 1. The molecule has 0 radical (unpaired) electrons. The van der Waals surface area contributed by atoms with Crippen molar-refractivity contribution in [2.45, 2.75) is 30.7 Å². The van der Waals surface area contributed by atoms with E-state index in [1.165, 1.54) is 10.4 Å².